The third kappa shape index (κ3) is 4.16. The number of hydrogen-bond acceptors (Lipinski definition) is 7. The van der Waals surface area contributed by atoms with Crippen LogP contribution in [-0.4, -0.2) is 43.3 Å². The molecule has 0 radical (unpaired) electrons. The Balaban J connectivity index is 1.96. The van der Waals surface area contributed by atoms with Crippen LogP contribution in [0.4, 0.5) is 5.95 Å². The summed E-state index contributed by atoms with van der Waals surface area (Å²) in [6.45, 7) is 4.16. The zero-order chi connectivity index (χ0) is 25.3. The first-order valence-corrected chi connectivity index (χ1v) is 11.1. The van der Waals surface area contributed by atoms with E-state index in [1.165, 1.54) is 4.57 Å². The molecule has 3 heterocycles. The second-order valence-electron chi connectivity index (χ2n) is 8.47. The Hall–Kier alpha value is -4.41. The largest absolute Gasteiger partial charge is 0.344 e. The molecule has 10 nitrogen and oxygen atoms in total. The van der Waals surface area contributed by atoms with Gasteiger partial charge in [0.1, 0.15) is 6.07 Å². The van der Waals surface area contributed by atoms with Gasteiger partial charge in [-0.1, -0.05) is 30.2 Å². The van der Waals surface area contributed by atoms with Gasteiger partial charge in [0.25, 0.3) is 5.56 Å². The lowest BCUT2D eigenvalue weighted by Crippen LogP contribution is -2.40. The highest BCUT2D eigenvalue weighted by atomic mass is 16.2. The Bertz CT molecular complexity index is 1660. The van der Waals surface area contributed by atoms with Crippen molar-refractivity contribution in [2.24, 2.45) is 12.8 Å². The van der Waals surface area contributed by atoms with E-state index < -0.39 is 11.2 Å². The SMILES string of the molecule is CC#CCn1c(N(C)CC(C)N)nc2c1c(=O)n(Cc1ncc3ccccc3c1C#N)c(=O)n2C. The highest BCUT2D eigenvalue weighted by Gasteiger charge is 2.23. The first-order valence-electron chi connectivity index (χ1n) is 11.1. The van der Waals surface area contributed by atoms with Gasteiger partial charge in [0.2, 0.25) is 5.95 Å². The molecular weight excluding hydrogens is 444 g/mol. The lowest BCUT2D eigenvalue weighted by Gasteiger charge is -2.20. The predicted molar refractivity (Wildman–Crippen MR) is 135 cm³/mol. The number of nitriles is 1. The molecule has 0 aliphatic heterocycles. The van der Waals surface area contributed by atoms with Crippen LogP contribution in [0.3, 0.4) is 0 Å². The molecule has 0 aliphatic rings. The van der Waals surface area contributed by atoms with Gasteiger partial charge in [0, 0.05) is 43.7 Å². The minimum absolute atomic E-state index is 0.130. The summed E-state index contributed by atoms with van der Waals surface area (Å²) in [5.74, 6) is 6.32. The van der Waals surface area contributed by atoms with Crippen molar-refractivity contribution in [3.05, 3.63) is 62.6 Å². The fourth-order valence-corrected chi connectivity index (χ4v) is 4.21. The quantitative estimate of drug-likeness (QED) is 0.419. The van der Waals surface area contributed by atoms with Gasteiger partial charge in [-0.25, -0.2) is 4.79 Å². The Morgan fingerprint density at radius 2 is 1.97 bits per heavy atom. The van der Waals surface area contributed by atoms with Gasteiger partial charge < -0.3 is 10.6 Å². The van der Waals surface area contributed by atoms with Crippen molar-refractivity contribution in [1.29, 1.82) is 5.26 Å². The zero-order valence-corrected chi connectivity index (χ0v) is 20.1. The smallest absolute Gasteiger partial charge is 0.332 e. The summed E-state index contributed by atoms with van der Waals surface area (Å²) in [7, 11) is 3.40. The summed E-state index contributed by atoms with van der Waals surface area (Å²) < 4.78 is 4.13. The van der Waals surface area contributed by atoms with Crippen molar-refractivity contribution in [1.82, 2.24) is 23.7 Å². The standard InChI is InChI=1S/C25H26N8O2/c1-5-6-11-32-21-22(29-24(32)30(3)14-16(2)27)31(4)25(35)33(23(21)34)15-20-19(12-26)18-10-8-7-9-17(18)13-28-20/h7-10,13,16H,11,14-15,27H2,1-4H3. The number of hydrogen-bond donors (Lipinski definition) is 1. The normalized spacial score (nSPS) is 11.8. The molecule has 0 spiro atoms. The van der Waals surface area contributed by atoms with Gasteiger partial charge in [-0.15, -0.1) is 5.92 Å². The molecule has 178 valence electrons. The molecule has 0 bridgehead atoms. The third-order valence-corrected chi connectivity index (χ3v) is 5.83. The Morgan fingerprint density at radius 1 is 1.23 bits per heavy atom. The van der Waals surface area contributed by atoms with Gasteiger partial charge in [0.15, 0.2) is 11.2 Å². The van der Waals surface area contributed by atoms with Crippen LogP contribution in [0.15, 0.2) is 40.1 Å². The van der Waals surface area contributed by atoms with Crippen molar-refractivity contribution >= 4 is 27.9 Å². The van der Waals surface area contributed by atoms with Crippen molar-refractivity contribution in [3.63, 3.8) is 0 Å². The Kier molecular flexibility index (Phi) is 6.41. The van der Waals surface area contributed by atoms with Crippen molar-refractivity contribution in [2.75, 3.05) is 18.5 Å². The molecule has 0 fully saturated rings. The molecule has 3 aromatic heterocycles. The average Bonchev–Trinajstić information content (AvgIpc) is 3.23. The zero-order valence-electron chi connectivity index (χ0n) is 20.1. The summed E-state index contributed by atoms with van der Waals surface area (Å²) in [5, 5.41) is 11.4. The average molecular weight is 471 g/mol. The number of imidazole rings is 1. The minimum Gasteiger partial charge on any atom is -0.344 e. The minimum atomic E-state index is -0.547. The van der Waals surface area contributed by atoms with E-state index >= 15 is 0 Å². The first-order chi connectivity index (χ1) is 16.8. The van der Waals surface area contributed by atoms with E-state index in [-0.39, 0.29) is 30.3 Å². The number of anilines is 1. The highest BCUT2D eigenvalue weighted by Crippen LogP contribution is 2.21. The molecule has 1 unspecified atom stereocenters. The van der Waals surface area contributed by atoms with Crippen LogP contribution in [0.2, 0.25) is 0 Å². The van der Waals surface area contributed by atoms with Crippen LogP contribution in [0.1, 0.15) is 25.1 Å². The molecule has 10 heteroatoms. The molecule has 0 amide bonds. The van der Waals surface area contributed by atoms with Crippen molar-refractivity contribution in [3.8, 4) is 17.9 Å². The number of aromatic nitrogens is 5. The molecule has 1 aromatic carbocycles. The number of aryl methyl sites for hydroxylation is 1. The van der Waals surface area contributed by atoms with Crippen LogP contribution in [-0.2, 0) is 20.1 Å². The molecule has 0 saturated carbocycles. The van der Waals surface area contributed by atoms with E-state index in [1.54, 1.807) is 24.7 Å². The highest BCUT2D eigenvalue weighted by molar-refractivity contribution is 5.87. The summed E-state index contributed by atoms with van der Waals surface area (Å²) in [6, 6.07) is 9.43. The molecule has 0 aliphatic carbocycles. The van der Waals surface area contributed by atoms with Crippen LogP contribution in [0.25, 0.3) is 21.9 Å². The van der Waals surface area contributed by atoms with Gasteiger partial charge in [-0.3, -0.25) is 23.5 Å². The second-order valence-corrected chi connectivity index (χ2v) is 8.47. The van der Waals surface area contributed by atoms with Gasteiger partial charge in [-0.2, -0.15) is 10.2 Å². The fourth-order valence-electron chi connectivity index (χ4n) is 4.21. The van der Waals surface area contributed by atoms with Crippen LogP contribution in [0, 0.1) is 23.2 Å². The monoisotopic (exact) mass is 470 g/mol. The van der Waals surface area contributed by atoms with E-state index in [4.69, 9.17) is 5.73 Å². The third-order valence-electron chi connectivity index (χ3n) is 5.83. The maximum atomic E-state index is 13.7. The van der Waals surface area contributed by atoms with E-state index in [0.717, 1.165) is 9.95 Å². The predicted octanol–water partition coefficient (Wildman–Crippen LogP) is 1.17. The molecule has 2 N–H and O–H groups in total. The van der Waals surface area contributed by atoms with Crippen molar-refractivity contribution < 1.29 is 0 Å². The number of rotatable bonds is 6. The molecule has 1 atom stereocenters. The number of fused-ring (bicyclic) bond motifs is 2. The lowest BCUT2D eigenvalue weighted by atomic mass is 10.1. The summed E-state index contributed by atoms with van der Waals surface area (Å²) in [4.78, 5) is 37.8. The van der Waals surface area contributed by atoms with E-state index in [1.807, 2.05) is 43.1 Å². The van der Waals surface area contributed by atoms with E-state index in [9.17, 15) is 14.9 Å². The molecular formula is C25H26N8O2. The van der Waals surface area contributed by atoms with Gasteiger partial charge in [0.05, 0.1) is 24.3 Å². The maximum Gasteiger partial charge on any atom is 0.332 e. The molecule has 35 heavy (non-hydrogen) atoms. The first kappa shape index (κ1) is 23.7. The van der Waals surface area contributed by atoms with Crippen molar-refractivity contribution in [2.45, 2.75) is 33.0 Å². The van der Waals surface area contributed by atoms with Gasteiger partial charge in [-0.05, 0) is 13.8 Å². The molecule has 4 aromatic rings. The van der Waals surface area contributed by atoms with Gasteiger partial charge >= 0.3 is 5.69 Å². The summed E-state index contributed by atoms with van der Waals surface area (Å²) in [6.07, 6.45) is 1.64. The molecule has 4 rings (SSSR count). The number of likely N-dealkylation sites (N-methyl/N-ethyl adjacent to an activating group) is 1. The van der Waals surface area contributed by atoms with Crippen LogP contribution >= 0.6 is 0 Å². The van der Waals surface area contributed by atoms with E-state index in [2.05, 4.69) is 27.9 Å². The number of benzene rings is 1. The van der Waals surface area contributed by atoms with Crippen LogP contribution < -0.4 is 21.9 Å². The fraction of sp³-hybridized carbons (Fsp3) is 0.320. The topological polar surface area (TPSA) is 128 Å². The summed E-state index contributed by atoms with van der Waals surface area (Å²) in [5.41, 5.74) is 6.09. The second kappa shape index (κ2) is 9.45. The summed E-state index contributed by atoms with van der Waals surface area (Å²) >= 11 is 0. The number of nitrogens with zero attached hydrogens (tertiary/aromatic N) is 7. The number of pyridine rings is 1. The number of nitrogens with two attached hydrogens (primary N) is 1. The van der Waals surface area contributed by atoms with E-state index in [0.29, 0.717) is 29.1 Å². The Morgan fingerprint density at radius 3 is 2.66 bits per heavy atom. The van der Waals surface area contributed by atoms with Crippen LogP contribution in [0.5, 0.6) is 0 Å². The Labute approximate surface area is 201 Å². The lowest BCUT2D eigenvalue weighted by molar-refractivity contribution is 0.644. The molecule has 0 saturated heterocycles. The maximum absolute atomic E-state index is 13.7.